The Kier molecular flexibility index (Phi) is 4.53. The molecule has 9 heteroatoms. The van der Waals surface area contributed by atoms with Crippen LogP contribution in [0.5, 0.6) is 0 Å². The second kappa shape index (κ2) is 6.00. The lowest BCUT2D eigenvalue weighted by Crippen LogP contribution is -2.22. The van der Waals surface area contributed by atoms with Crippen molar-refractivity contribution in [1.29, 1.82) is 0 Å². The van der Waals surface area contributed by atoms with Crippen molar-refractivity contribution < 1.29 is 18.3 Å². The van der Waals surface area contributed by atoms with Crippen molar-refractivity contribution in [3.8, 4) is 0 Å². The number of carboxylic acids is 1. The number of thiazole rings is 1. The van der Waals surface area contributed by atoms with Gasteiger partial charge < -0.3 is 5.11 Å². The minimum atomic E-state index is -3.62. The lowest BCUT2D eigenvalue weighted by atomic mass is 10.3. The lowest BCUT2D eigenvalue weighted by molar-refractivity contribution is -0.136. The van der Waals surface area contributed by atoms with Crippen molar-refractivity contribution in [3.63, 3.8) is 0 Å². The van der Waals surface area contributed by atoms with Gasteiger partial charge in [-0.25, -0.2) is 18.1 Å². The van der Waals surface area contributed by atoms with Gasteiger partial charge in [0.05, 0.1) is 13.0 Å². The topological polar surface area (TPSA) is 96.4 Å². The molecule has 0 radical (unpaired) electrons. The van der Waals surface area contributed by atoms with E-state index in [2.05, 4.69) is 9.71 Å². The molecular formula is C11H12N2O4S3. The third-order valence-electron chi connectivity index (χ3n) is 2.31. The van der Waals surface area contributed by atoms with Crippen molar-refractivity contribution in [1.82, 2.24) is 9.71 Å². The molecule has 0 spiro atoms. The van der Waals surface area contributed by atoms with Crippen LogP contribution >= 0.6 is 22.7 Å². The van der Waals surface area contributed by atoms with Gasteiger partial charge in [0.15, 0.2) is 0 Å². The van der Waals surface area contributed by atoms with E-state index < -0.39 is 16.0 Å². The molecular weight excluding hydrogens is 320 g/mol. The standard InChI is InChI=1S/C11H12N2O4S3/c1-7-5-12-9(18-7)6-13-20(16,17)11-3-2-8(19-11)4-10(14)15/h2-3,5,13H,4,6H2,1H3,(H,14,15). The minimum absolute atomic E-state index is 0.113. The molecule has 20 heavy (non-hydrogen) atoms. The number of thiophene rings is 1. The number of aryl methyl sites for hydroxylation is 1. The number of nitrogens with one attached hydrogen (secondary N) is 1. The van der Waals surface area contributed by atoms with E-state index in [9.17, 15) is 13.2 Å². The molecule has 0 saturated carbocycles. The van der Waals surface area contributed by atoms with Gasteiger partial charge in [0.25, 0.3) is 0 Å². The highest BCUT2D eigenvalue weighted by atomic mass is 32.2. The Morgan fingerprint density at radius 2 is 2.15 bits per heavy atom. The normalized spacial score (nSPS) is 11.7. The summed E-state index contributed by atoms with van der Waals surface area (Å²) in [7, 11) is -3.62. The van der Waals surface area contributed by atoms with E-state index in [1.165, 1.54) is 23.5 Å². The molecule has 0 aliphatic carbocycles. The number of carbonyl (C=O) groups is 1. The van der Waals surface area contributed by atoms with Gasteiger partial charge in [0.1, 0.15) is 9.22 Å². The van der Waals surface area contributed by atoms with Crippen molar-refractivity contribution in [2.45, 2.75) is 24.1 Å². The monoisotopic (exact) mass is 332 g/mol. The van der Waals surface area contributed by atoms with Crippen molar-refractivity contribution in [2.24, 2.45) is 0 Å². The van der Waals surface area contributed by atoms with Gasteiger partial charge in [0, 0.05) is 16.0 Å². The first-order chi connectivity index (χ1) is 9.37. The SMILES string of the molecule is Cc1cnc(CNS(=O)(=O)c2ccc(CC(=O)O)s2)s1. The smallest absolute Gasteiger partial charge is 0.308 e. The van der Waals surface area contributed by atoms with Crippen LogP contribution in [0.2, 0.25) is 0 Å². The summed E-state index contributed by atoms with van der Waals surface area (Å²) >= 11 is 2.39. The molecule has 2 aromatic rings. The molecule has 0 aromatic carbocycles. The average molecular weight is 332 g/mol. The summed E-state index contributed by atoms with van der Waals surface area (Å²) in [6.07, 6.45) is 1.51. The summed E-state index contributed by atoms with van der Waals surface area (Å²) < 4.78 is 26.6. The molecule has 2 heterocycles. The van der Waals surface area contributed by atoms with E-state index in [-0.39, 0.29) is 17.2 Å². The number of aromatic nitrogens is 1. The molecule has 0 atom stereocenters. The van der Waals surface area contributed by atoms with Crippen molar-refractivity contribution in [2.75, 3.05) is 0 Å². The number of sulfonamides is 1. The quantitative estimate of drug-likeness (QED) is 0.838. The molecule has 2 aromatic heterocycles. The van der Waals surface area contributed by atoms with Crippen molar-refractivity contribution >= 4 is 38.7 Å². The Bertz CT molecular complexity index is 718. The first-order valence-corrected chi connectivity index (χ1v) is 8.70. The summed E-state index contributed by atoms with van der Waals surface area (Å²) in [5, 5.41) is 9.36. The van der Waals surface area contributed by atoms with Gasteiger partial charge in [0.2, 0.25) is 10.0 Å². The molecule has 0 unspecified atom stereocenters. The second-order valence-corrected chi connectivity index (χ2v) is 8.46. The van der Waals surface area contributed by atoms with Crippen LogP contribution in [0.1, 0.15) is 14.8 Å². The van der Waals surface area contributed by atoms with E-state index >= 15 is 0 Å². The maximum Gasteiger partial charge on any atom is 0.308 e. The van der Waals surface area contributed by atoms with E-state index in [1.807, 2.05) is 6.92 Å². The number of hydrogen-bond acceptors (Lipinski definition) is 6. The molecule has 0 amide bonds. The molecule has 108 valence electrons. The maximum atomic E-state index is 12.0. The lowest BCUT2D eigenvalue weighted by Gasteiger charge is -2.01. The Hall–Kier alpha value is -1.29. The number of aliphatic carboxylic acids is 1. The zero-order valence-corrected chi connectivity index (χ0v) is 12.9. The largest absolute Gasteiger partial charge is 0.481 e. The highest BCUT2D eigenvalue weighted by molar-refractivity contribution is 7.91. The van der Waals surface area contributed by atoms with Crippen LogP contribution in [0.4, 0.5) is 0 Å². The Balaban J connectivity index is 2.06. The van der Waals surface area contributed by atoms with Gasteiger partial charge >= 0.3 is 5.97 Å². The van der Waals surface area contributed by atoms with E-state index in [0.29, 0.717) is 9.88 Å². The highest BCUT2D eigenvalue weighted by Gasteiger charge is 2.18. The minimum Gasteiger partial charge on any atom is -0.481 e. The molecule has 0 saturated heterocycles. The van der Waals surface area contributed by atoms with E-state index in [1.54, 1.807) is 6.20 Å². The van der Waals surface area contributed by atoms with Crippen LogP contribution in [-0.4, -0.2) is 24.5 Å². The van der Waals surface area contributed by atoms with Crippen LogP contribution in [0.15, 0.2) is 22.5 Å². The Morgan fingerprint density at radius 3 is 2.75 bits per heavy atom. The summed E-state index contributed by atoms with van der Waals surface area (Å²) in [6.45, 7) is 2.03. The first-order valence-electron chi connectivity index (χ1n) is 5.58. The third kappa shape index (κ3) is 3.85. The van der Waals surface area contributed by atoms with Gasteiger partial charge in [-0.15, -0.1) is 22.7 Å². The summed E-state index contributed by atoms with van der Waals surface area (Å²) in [5.41, 5.74) is 0. The fourth-order valence-electron chi connectivity index (χ4n) is 1.46. The number of hydrogen-bond donors (Lipinski definition) is 2. The first kappa shape index (κ1) is 15.1. The predicted octanol–water partition coefficient (Wildman–Crippen LogP) is 1.62. The molecule has 6 nitrogen and oxygen atoms in total. The predicted molar refractivity (Wildman–Crippen MR) is 76.5 cm³/mol. The number of carboxylic acid groups (broad SMARTS) is 1. The summed E-state index contributed by atoms with van der Waals surface area (Å²) in [6, 6.07) is 2.93. The number of rotatable bonds is 6. The summed E-state index contributed by atoms with van der Waals surface area (Å²) in [5.74, 6) is -0.984. The average Bonchev–Trinajstić information content (AvgIpc) is 2.95. The highest BCUT2D eigenvalue weighted by Crippen LogP contribution is 2.22. The van der Waals surface area contributed by atoms with E-state index in [0.717, 1.165) is 16.2 Å². The van der Waals surface area contributed by atoms with Gasteiger partial charge in [-0.2, -0.15) is 0 Å². The number of nitrogens with zero attached hydrogens (tertiary/aromatic N) is 1. The summed E-state index contributed by atoms with van der Waals surface area (Å²) in [4.78, 5) is 16.2. The zero-order valence-electron chi connectivity index (χ0n) is 10.5. The molecule has 2 N–H and O–H groups in total. The van der Waals surface area contributed by atoms with Gasteiger partial charge in [-0.05, 0) is 19.1 Å². The van der Waals surface area contributed by atoms with Gasteiger partial charge in [-0.1, -0.05) is 0 Å². The maximum absolute atomic E-state index is 12.0. The molecule has 0 aliphatic rings. The zero-order chi connectivity index (χ0) is 14.8. The molecule has 0 fully saturated rings. The van der Waals surface area contributed by atoms with Crippen LogP contribution in [0.3, 0.4) is 0 Å². The molecule has 0 bridgehead atoms. The van der Waals surface area contributed by atoms with E-state index in [4.69, 9.17) is 5.11 Å². The fourth-order valence-corrected chi connectivity index (χ4v) is 4.66. The molecule has 2 rings (SSSR count). The fraction of sp³-hybridized carbons (Fsp3) is 0.273. The Labute approximate surface area is 124 Å². The van der Waals surface area contributed by atoms with Crippen LogP contribution < -0.4 is 4.72 Å². The second-order valence-electron chi connectivity index (χ2n) is 3.98. The van der Waals surface area contributed by atoms with Crippen LogP contribution in [0, 0.1) is 6.92 Å². The van der Waals surface area contributed by atoms with Gasteiger partial charge in [-0.3, -0.25) is 4.79 Å². The van der Waals surface area contributed by atoms with Crippen LogP contribution in [0.25, 0.3) is 0 Å². The van der Waals surface area contributed by atoms with Crippen LogP contribution in [-0.2, 0) is 27.8 Å². The third-order valence-corrected chi connectivity index (χ3v) is 6.20. The molecule has 0 aliphatic heterocycles. The van der Waals surface area contributed by atoms with Crippen molar-refractivity contribution in [3.05, 3.63) is 33.1 Å². The Morgan fingerprint density at radius 1 is 1.40 bits per heavy atom.